The van der Waals surface area contributed by atoms with Crippen LogP contribution in [0.2, 0.25) is 0 Å². The molecular formula is C10H10ClNO5. The number of benzene rings is 1. The molecule has 6 nitrogen and oxygen atoms in total. The number of hydrogen-bond donors (Lipinski definition) is 3. The van der Waals surface area contributed by atoms with Crippen LogP contribution in [0.3, 0.4) is 0 Å². The molecule has 3 N–H and O–H groups in total. The van der Waals surface area contributed by atoms with Crippen LogP contribution < -0.4 is 5.32 Å². The monoisotopic (exact) mass is 259 g/mol. The number of carbonyl (C=O) groups excluding carboxylic acids is 1. The largest absolute Gasteiger partial charge is 0.479 e. The number of aliphatic hydroxyl groups is 1. The Morgan fingerprint density at radius 1 is 1.29 bits per heavy atom. The third kappa shape index (κ3) is 3.70. The fourth-order valence-electron chi connectivity index (χ4n) is 1.10. The molecule has 0 fully saturated rings. The maximum absolute atomic E-state index is 11.5. The predicted molar refractivity (Wildman–Crippen MR) is 59.4 cm³/mol. The molecule has 0 aliphatic heterocycles. The normalized spacial score (nSPS) is 13.8. The summed E-state index contributed by atoms with van der Waals surface area (Å²) in [5.74, 6) is -2.44. The van der Waals surface area contributed by atoms with E-state index in [4.69, 9.17) is 17.0 Å². The van der Waals surface area contributed by atoms with E-state index in [9.17, 15) is 14.7 Å². The van der Waals surface area contributed by atoms with Gasteiger partial charge in [-0.1, -0.05) is 18.2 Å². The Labute approximate surface area is 102 Å². The topological polar surface area (TPSA) is 95.9 Å². The Morgan fingerprint density at radius 2 is 1.88 bits per heavy atom. The summed E-state index contributed by atoms with van der Waals surface area (Å²) in [7, 11) is 0. The summed E-state index contributed by atoms with van der Waals surface area (Å²) >= 11 is 4.88. The van der Waals surface area contributed by atoms with Crippen LogP contribution in [0, 0.1) is 0 Å². The molecule has 0 aliphatic rings. The number of amides is 1. The summed E-state index contributed by atoms with van der Waals surface area (Å²) in [6, 6.07) is 8.27. The molecule has 0 aliphatic carbocycles. The van der Waals surface area contributed by atoms with E-state index < -0.39 is 24.1 Å². The summed E-state index contributed by atoms with van der Waals surface area (Å²) < 4.78 is 3.99. The van der Waals surface area contributed by atoms with Gasteiger partial charge < -0.3 is 15.5 Å². The minimum Gasteiger partial charge on any atom is -0.479 e. The number of aliphatic hydroxyl groups excluding tert-OH is 1. The Kier molecular flexibility index (Phi) is 4.89. The molecule has 1 amide bonds. The number of anilines is 1. The van der Waals surface area contributed by atoms with Crippen molar-refractivity contribution in [1.82, 2.24) is 0 Å². The fraction of sp³-hybridized carbons (Fsp3) is 0.200. The maximum Gasteiger partial charge on any atom is 0.338 e. The van der Waals surface area contributed by atoms with E-state index in [2.05, 4.69) is 9.61 Å². The van der Waals surface area contributed by atoms with Crippen LogP contribution in [0.4, 0.5) is 5.69 Å². The molecule has 0 saturated heterocycles. The van der Waals surface area contributed by atoms with Gasteiger partial charge in [-0.3, -0.25) is 9.08 Å². The second-order valence-corrected chi connectivity index (χ2v) is 3.33. The van der Waals surface area contributed by atoms with Gasteiger partial charge in [0.15, 0.2) is 6.10 Å². The van der Waals surface area contributed by atoms with Crippen LogP contribution in [0.15, 0.2) is 30.3 Å². The highest BCUT2D eigenvalue weighted by molar-refractivity contribution is 6.09. The van der Waals surface area contributed by atoms with Crippen LogP contribution in [-0.4, -0.2) is 34.3 Å². The highest BCUT2D eigenvalue weighted by Gasteiger charge is 2.33. The van der Waals surface area contributed by atoms with Crippen LogP contribution in [0.1, 0.15) is 0 Å². The molecule has 0 spiro atoms. The Balaban J connectivity index is 2.67. The molecule has 92 valence electrons. The summed E-state index contributed by atoms with van der Waals surface area (Å²) in [6.45, 7) is 0. The summed E-state index contributed by atoms with van der Waals surface area (Å²) in [5.41, 5.74) is 0.426. The van der Waals surface area contributed by atoms with Crippen molar-refractivity contribution in [3.63, 3.8) is 0 Å². The Morgan fingerprint density at radius 3 is 2.35 bits per heavy atom. The quantitative estimate of drug-likeness (QED) is 0.720. The zero-order valence-electron chi connectivity index (χ0n) is 8.54. The van der Waals surface area contributed by atoms with Gasteiger partial charge in [0.2, 0.25) is 6.10 Å². The summed E-state index contributed by atoms with van der Waals surface area (Å²) in [5, 5.41) is 20.3. The molecular weight excluding hydrogens is 250 g/mol. The second-order valence-electron chi connectivity index (χ2n) is 3.15. The lowest BCUT2D eigenvalue weighted by Crippen LogP contribution is -2.43. The molecule has 17 heavy (non-hydrogen) atoms. The van der Waals surface area contributed by atoms with Crippen molar-refractivity contribution < 1.29 is 24.1 Å². The lowest BCUT2D eigenvalue weighted by molar-refractivity contribution is -0.154. The first-order valence-electron chi connectivity index (χ1n) is 4.60. The number of carboxylic acid groups (broad SMARTS) is 1. The van der Waals surface area contributed by atoms with Crippen LogP contribution in [0.25, 0.3) is 0 Å². The van der Waals surface area contributed by atoms with E-state index in [0.717, 1.165) is 0 Å². The number of aliphatic carboxylic acids is 1. The van der Waals surface area contributed by atoms with Crippen molar-refractivity contribution >= 4 is 29.4 Å². The second kappa shape index (κ2) is 6.19. The van der Waals surface area contributed by atoms with E-state index in [1.54, 1.807) is 30.3 Å². The minimum absolute atomic E-state index is 0.426. The van der Waals surface area contributed by atoms with Crippen molar-refractivity contribution in [3.8, 4) is 0 Å². The Hall–Kier alpha value is -1.63. The van der Waals surface area contributed by atoms with E-state index in [1.165, 1.54) is 0 Å². The number of hydrogen-bond acceptors (Lipinski definition) is 4. The summed E-state index contributed by atoms with van der Waals surface area (Å²) in [4.78, 5) is 22.0. The highest BCUT2D eigenvalue weighted by Crippen LogP contribution is 2.09. The van der Waals surface area contributed by atoms with E-state index >= 15 is 0 Å². The molecule has 0 heterocycles. The first-order chi connectivity index (χ1) is 8.06. The first-order valence-corrected chi connectivity index (χ1v) is 4.91. The molecule has 0 aromatic heterocycles. The number of rotatable bonds is 5. The average Bonchev–Trinajstić information content (AvgIpc) is 2.30. The molecule has 7 heteroatoms. The van der Waals surface area contributed by atoms with Gasteiger partial charge in [0.25, 0.3) is 5.91 Å². The van der Waals surface area contributed by atoms with Gasteiger partial charge in [-0.25, -0.2) is 4.79 Å². The fourth-order valence-corrected chi connectivity index (χ4v) is 1.27. The van der Waals surface area contributed by atoms with Gasteiger partial charge in [-0.2, -0.15) is 0 Å². The maximum atomic E-state index is 11.5. The van der Waals surface area contributed by atoms with Crippen molar-refractivity contribution in [2.45, 2.75) is 12.2 Å². The smallest absolute Gasteiger partial charge is 0.338 e. The van der Waals surface area contributed by atoms with Crippen LogP contribution in [-0.2, 0) is 13.9 Å². The summed E-state index contributed by atoms with van der Waals surface area (Å²) in [6.07, 6.45) is -3.72. The SMILES string of the molecule is O=C(Nc1ccccc1)[C@H](O)[C@@H](OCl)C(=O)O. The van der Waals surface area contributed by atoms with Crippen molar-refractivity contribution in [2.24, 2.45) is 0 Å². The van der Waals surface area contributed by atoms with Gasteiger partial charge in [-0.15, -0.1) is 0 Å². The standard InChI is InChI=1S/C10H10ClNO5/c11-17-8(10(15)16)7(13)9(14)12-6-4-2-1-3-5-6/h1-5,7-8,13H,(H,12,14)(H,15,16)/t7-,8-/m1/s1. The zero-order chi connectivity index (χ0) is 12.8. The van der Waals surface area contributed by atoms with E-state index in [-0.39, 0.29) is 0 Å². The average molecular weight is 260 g/mol. The Bertz CT molecular complexity index is 397. The number of carbonyl (C=O) groups is 2. The molecule has 2 atom stereocenters. The van der Waals surface area contributed by atoms with Crippen molar-refractivity contribution in [1.29, 1.82) is 0 Å². The molecule has 0 saturated carbocycles. The number of carboxylic acids is 1. The molecule has 1 aromatic carbocycles. The van der Waals surface area contributed by atoms with Gasteiger partial charge in [-0.05, 0) is 12.1 Å². The van der Waals surface area contributed by atoms with Crippen LogP contribution >= 0.6 is 11.9 Å². The number of halogens is 1. The third-order valence-electron chi connectivity index (χ3n) is 1.94. The predicted octanol–water partition coefficient (Wildman–Crippen LogP) is 0.610. The molecule has 0 bridgehead atoms. The number of nitrogens with one attached hydrogen (secondary N) is 1. The molecule has 0 unspecified atom stereocenters. The third-order valence-corrected chi connectivity index (χ3v) is 2.13. The van der Waals surface area contributed by atoms with Gasteiger partial charge in [0.05, 0.1) is 11.9 Å². The van der Waals surface area contributed by atoms with E-state index in [0.29, 0.717) is 5.69 Å². The van der Waals surface area contributed by atoms with Crippen molar-refractivity contribution in [3.05, 3.63) is 30.3 Å². The lowest BCUT2D eigenvalue weighted by Gasteiger charge is -2.15. The molecule has 0 radical (unpaired) electrons. The lowest BCUT2D eigenvalue weighted by atomic mass is 10.2. The number of para-hydroxylation sites is 1. The zero-order valence-corrected chi connectivity index (χ0v) is 9.29. The van der Waals surface area contributed by atoms with Crippen LogP contribution in [0.5, 0.6) is 0 Å². The molecule has 1 aromatic rings. The molecule has 1 rings (SSSR count). The van der Waals surface area contributed by atoms with Gasteiger partial charge in [0, 0.05) is 5.69 Å². The highest BCUT2D eigenvalue weighted by atomic mass is 35.5. The minimum atomic E-state index is -1.90. The van der Waals surface area contributed by atoms with Crippen molar-refractivity contribution in [2.75, 3.05) is 5.32 Å². The first kappa shape index (κ1) is 13.4. The van der Waals surface area contributed by atoms with Gasteiger partial charge in [0.1, 0.15) is 0 Å². The van der Waals surface area contributed by atoms with E-state index in [1.807, 2.05) is 0 Å². The van der Waals surface area contributed by atoms with Gasteiger partial charge >= 0.3 is 5.97 Å².